The van der Waals surface area contributed by atoms with Crippen molar-refractivity contribution in [2.75, 3.05) is 0 Å². The minimum atomic E-state index is -0.308. The van der Waals surface area contributed by atoms with Crippen molar-refractivity contribution in [3.8, 4) is 0 Å². The van der Waals surface area contributed by atoms with Crippen LogP contribution in [0, 0.1) is 0 Å². The van der Waals surface area contributed by atoms with Crippen LogP contribution in [0.25, 0.3) is 0 Å². The second-order valence-electron chi connectivity index (χ2n) is 1.67. The van der Waals surface area contributed by atoms with E-state index >= 15 is 0 Å². The first-order valence-corrected chi connectivity index (χ1v) is 3.26. The highest BCUT2D eigenvalue weighted by Gasteiger charge is 1.99. The van der Waals surface area contributed by atoms with Gasteiger partial charge in [0.15, 0.2) is 0 Å². The third kappa shape index (κ3) is 6.25. The van der Waals surface area contributed by atoms with E-state index in [0.717, 1.165) is 0 Å². The standard InChI is InChI=1S/C5H8Cl2O/c1-4(6)2-3-5(7)8/h4H,2-3H2,1H3/t4-/m0/s1. The molecule has 0 aliphatic heterocycles. The van der Waals surface area contributed by atoms with E-state index in [1.807, 2.05) is 6.92 Å². The molecule has 0 fully saturated rings. The van der Waals surface area contributed by atoms with Crippen LogP contribution in [0.3, 0.4) is 0 Å². The van der Waals surface area contributed by atoms with Crippen molar-refractivity contribution in [1.82, 2.24) is 0 Å². The van der Waals surface area contributed by atoms with Gasteiger partial charge in [0.25, 0.3) is 0 Å². The first kappa shape index (κ1) is 8.25. The molecule has 0 rings (SSSR count). The lowest BCUT2D eigenvalue weighted by molar-refractivity contribution is -0.111. The fourth-order valence-electron chi connectivity index (χ4n) is 0.312. The van der Waals surface area contributed by atoms with Gasteiger partial charge in [-0.05, 0) is 24.9 Å². The second kappa shape index (κ2) is 4.16. The molecule has 0 unspecified atom stereocenters. The fraction of sp³-hybridized carbons (Fsp3) is 0.800. The van der Waals surface area contributed by atoms with Gasteiger partial charge in [0, 0.05) is 11.8 Å². The van der Waals surface area contributed by atoms with E-state index in [0.29, 0.717) is 12.8 Å². The van der Waals surface area contributed by atoms with Gasteiger partial charge in [-0.25, -0.2) is 0 Å². The van der Waals surface area contributed by atoms with Gasteiger partial charge in [0.1, 0.15) is 0 Å². The predicted molar refractivity (Wildman–Crippen MR) is 35.4 cm³/mol. The largest absolute Gasteiger partial charge is 0.281 e. The third-order valence-corrected chi connectivity index (χ3v) is 1.15. The number of halogens is 2. The van der Waals surface area contributed by atoms with Crippen molar-refractivity contribution in [3.63, 3.8) is 0 Å². The number of hydrogen-bond donors (Lipinski definition) is 0. The van der Waals surface area contributed by atoms with Crippen molar-refractivity contribution in [2.45, 2.75) is 25.1 Å². The number of hydrogen-bond acceptors (Lipinski definition) is 1. The molecule has 48 valence electrons. The summed E-state index contributed by atoms with van der Waals surface area (Å²) in [5, 5.41) is -0.254. The molecule has 0 aromatic heterocycles. The Labute approximate surface area is 59.0 Å². The van der Waals surface area contributed by atoms with Crippen molar-refractivity contribution in [3.05, 3.63) is 0 Å². The Kier molecular flexibility index (Phi) is 4.29. The van der Waals surface area contributed by atoms with Gasteiger partial charge in [-0.15, -0.1) is 11.6 Å². The molecule has 0 bridgehead atoms. The zero-order valence-corrected chi connectivity index (χ0v) is 6.17. The molecule has 0 amide bonds. The lowest BCUT2D eigenvalue weighted by Crippen LogP contribution is -1.93. The average Bonchev–Trinajstić information content (AvgIpc) is 1.61. The van der Waals surface area contributed by atoms with Crippen LogP contribution in [-0.4, -0.2) is 10.6 Å². The molecule has 0 aromatic rings. The van der Waals surface area contributed by atoms with E-state index < -0.39 is 0 Å². The van der Waals surface area contributed by atoms with Gasteiger partial charge in [-0.1, -0.05) is 0 Å². The molecule has 3 heteroatoms. The molecule has 0 saturated heterocycles. The average molecular weight is 155 g/mol. The predicted octanol–water partition coefficient (Wildman–Crippen LogP) is 2.16. The summed E-state index contributed by atoms with van der Waals surface area (Å²) in [6.45, 7) is 1.83. The van der Waals surface area contributed by atoms with Crippen LogP contribution in [0.4, 0.5) is 0 Å². The maximum atomic E-state index is 10.1. The molecule has 0 radical (unpaired) electrons. The number of carbonyl (C=O) groups excluding carboxylic acids is 1. The summed E-state index contributed by atoms with van der Waals surface area (Å²) in [5.41, 5.74) is 0. The van der Waals surface area contributed by atoms with Crippen molar-refractivity contribution < 1.29 is 4.79 Å². The minimum Gasteiger partial charge on any atom is -0.281 e. The van der Waals surface area contributed by atoms with Gasteiger partial charge in [-0.3, -0.25) is 4.79 Å². The van der Waals surface area contributed by atoms with Crippen molar-refractivity contribution in [2.24, 2.45) is 0 Å². The van der Waals surface area contributed by atoms with Gasteiger partial charge < -0.3 is 0 Å². The monoisotopic (exact) mass is 154 g/mol. The summed E-state index contributed by atoms with van der Waals surface area (Å²) >= 11 is 10.5. The Balaban J connectivity index is 3.05. The lowest BCUT2D eigenvalue weighted by atomic mass is 10.3. The van der Waals surface area contributed by atoms with Gasteiger partial charge in [-0.2, -0.15) is 0 Å². The molecule has 0 saturated carbocycles. The maximum Gasteiger partial charge on any atom is 0.221 e. The first-order valence-electron chi connectivity index (χ1n) is 2.45. The van der Waals surface area contributed by atoms with Crippen LogP contribution in [-0.2, 0) is 4.79 Å². The Bertz CT molecular complexity index is 80.5. The van der Waals surface area contributed by atoms with Crippen molar-refractivity contribution in [1.29, 1.82) is 0 Å². The molecular weight excluding hydrogens is 147 g/mol. The van der Waals surface area contributed by atoms with E-state index in [2.05, 4.69) is 0 Å². The molecular formula is C5H8Cl2O. The summed E-state index contributed by atoms with van der Waals surface area (Å²) in [6.07, 6.45) is 1.05. The molecule has 8 heavy (non-hydrogen) atoms. The molecule has 0 spiro atoms. The first-order chi connectivity index (χ1) is 3.63. The molecule has 1 nitrogen and oxygen atoms in total. The molecule has 0 aliphatic carbocycles. The SMILES string of the molecule is C[C@H](Cl)CCC(=O)Cl. The summed E-state index contributed by atoms with van der Waals surface area (Å²) in [4.78, 5) is 10.1. The fourth-order valence-corrected chi connectivity index (χ4v) is 0.531. The van der Waals surface area contributed by atoms with Crippen LogP contribution in [0.15, 0.2) is 0 Å². The second-order valence-corrected chi connectivity index (χ2v) is 2.84. The number of rotatable bonds is 3. The third-order valence-electron chi connectivity index (χ3n) is 0.739. The van der Waals surface area contributed by atoms with Gasteiger partial charge in [0.05, 0.1) is 0 Å². The molecule has 0 heterocycles. The van der Waals surface area contributed by atoms with Crippen LogP contribution in [0.1, 0.15) is 19.8 Å². The minimum absolute atomic E-state index is 0.0534. The molecule has 0 N–H and O–H groups in total. The number of carbonyl (C=O) groups is 1. The lowest BCUT2D eigenvalue weighted by Gasteiger charge is -1.95. The number of alkyl halides is 1. The Morgan fingerprint density at radius 1 is 1.75 bits per heavy atom. The quantitative estimate of drug-likeness (QED) is 0.450. The van der Waals surface area contributed by atoms with Gasteiger partial charge >= 0.3 is 0 Å². The zero-order valence-electron chi connectivity index (χ0n) is 4.66. The van der Waals surface area contributed by atoms with E-state index in [1.165, 1.54) is 0 Å². The van der Waals surface area contributed by atoms with Crippen LogP contribution < -0.4 is 0 Å². The molecule has 0 aromatic carbocycles. The van der Waals surface area contributed by atoms with Crippen molar-refractivity contribution >= 4 is 28.4 Å². The highest BCUT2D eigenvalue weighted by molar-refractivity contribution is 6.63. The van der Waals surface area contributed by atoms with Gasteiger partial charge in [0.2, 0.25) is 5.24 Å². The Morgan fingerprint density at radius 2 is 2.25 bits per heavy atom. The topological polar surface area (TPSA) is 17.1 Å². The highest BCUT2D eigenvalue weighted by atomic mass is 35.5. The van der Waals surface area contributed by atoms with Crippen LogP contribution in [0.5, 0.6) is 0 Å². The van der Waals surface area contributed by atoms with Crippen LogP contribution in [0.2, 0.25) is 0 Å². The van der Waals surface area contributed by atoms with Crippen LogP contribution >= 0.6 is 23.2 Å². The Hall–Kier alpha value is 0.250. The maximum absolute atomic E-state index is 10.1. The summed E-state index contributed by atoms with van der Waals surface area (Å²) in [5.74, 6) is 0. The highest BCUT2D eigenvalue weighted by Crippen LogP contribution is 2.04. The zero-order chi connectivity index (χ0) is 6.57. The molecule has 0 aliphatic rings. The van der Waals surface area contributed by atoms with E-state index in [9.17, 15) is 4.79 Å². The molecule has 1 atom stereocenters. The summed E-state index contributed by atoms with van der Waals surface area (Å²) < 4.78 is 0. The Morgan fingerprint density at radius 3 is 2.38 bits per heavy atom. The van der Waals surface area contributed by atoms with E-state index in [4.69, 9.17) is 23.2 Å². The summed E-state index contributed by atoms with van der Waals surface area (Å²) in [7, 11) is 0. The van der Waals surface area contributed by atoms with E-state index in [1.54, 1.807) is 0 Å². The smallest absolute Gasteiger partial charge is 0.221 e. The van der Waals surface area contributed by atoms with E-state index in [-0.39, 0.29) is 10.6 Å². The summed E-state index contributed by atoms with van der Waals surface area (Å²) in [6, 6.07) is 0. The normalized spacial score (nSPS) is 13.4.